The molecule has 1 saturated carbocycles. The van der Waals surface area contributed by atoms with Crippen LogP contribution in [0.5, 0.6) is 0 Å². The van der Waals surface area contributed by atoms with E-state index in [1.807, 2.05) is 0 Å². The fourth-order valence-corrected chi connectivity index (χ4v) is 2.16. The first kappa shape index (κ1) is 7.40. The Kier molecular flexibility index (Phi) is 1.43. The van der Waals surface area contributed by atoms with Crippen molar-refractivity contribution >= 4 is 0 Å². The number of hydrogen-bond donors (Lipinski definition) is 1. The standard InChI is InChI=1S/C7H10F3N/c8-7(9,10)6-1-4-2-11-3-5(4)6/h4-6,11H,1-3H2/t4-,5+,6+/m1/s1. The number of fused-ring (bicyclic) bond motifs is 1. The van der Waals surface area contributed by atoms with Crippen LogP contribution in [0.25, 0.3) is 0 Å². The van der Waals surface area contributed by atoms with Crippen LogP contribution in [0.1, 0.15) is 6.42 Å². The second-order valence-corrected chi connectivity index (χ2v) is 3.47. The summed E-state index contributed by atoms with van der Waals surface area (Å²) in [7, 11) is 0. The van der Waals surface area contributed by atoms with Crippen molar-refractivity contribution in [2.75, 3.05) is 13.1 Å². The molecule has 4 heteroatoms. The Morgan fingerprint density at radius 1 is 1.18 bits per heavy atom. The molecular formula is C7H10F3N. The Hall–Kier alpha value is -0.250. The summed E-state index contributed by atoms with van der Waals surface area (Å²) in [6.45, 7) is 1.35. The minimum absolute atomic E-state index is 0.116. The van der Waals surface area contributed by atoms with E-state index in [-0.39, 0.29) is 5.92 Å². The lowest BCUT2D eigenvalue weighted by Gasteiger charge is -2.40. The molecule has 2 aliphatic rings. The fraction of sp³-hybridized carbons (Fsp3) is 1.00. The molecule has 1 saturated heterocycles. The lowest BCUT2D eigenvalue weighted by molar-refractivity contribution is -0.220. The molecule has 64 valence electrons. The maximum Gasteiger partial charge on any atom is 0.392 e. The number of alkyl halides is 3. The van der Waals surface area contributed by atoms with Gasteiger partial charge < -0.3 is 5.32 Å². The highest BCUT2D eigenvalue weighted by Crippen LogP contribution is 2.50. The number of hydrogen-bond acceptors (Lipinski definition) is 1. The zero-order valence-electron chi connectivity index (χ0n) is 5.99. The van der Waals surface area contributed by atoms with Crippen LogP contribution in [-0.2, 0) is 0 Å². The molecule has 1 nitrogen and oxygen atoms in total. The third-order valence-electron chi connectivity index (χ3n) is 2.89. The second-order valence-electron chi connectivity index (χ2n) is 3.47. The van der Waals surface area contributed by atoms with Gasteiger partial charge in [0, 0.05) is 0 Å². The van der Waals surface area contributed by atoms with Crippen molar-refractivity contribution in [1.82, 2.24) is 5.32 Å². The van der Waals surface area contributed by atoms with Crippen molar-refractivity contribution in [2.24, 2.45) is 17.8 Å². The highest BCUT2D eigenvalue weighted by molar-refractivity contribution is 4.98. The number of halogens is 3. The smallest absolute Gasteiger partial charge is 0.316 e. The summed E-state index contributed by atoms with van der Waals surface area (Å²) in [6.07, 6.45) is -3.60. The van der Waals surface area contributed by atoms with Crippen molar-refractivity contribution in [3.8, 4) is 0 Å². The summed E-state index contributed by atoms with van der Waals surface area (Å²) in [6, 6.07) is 0. The van der Waals surface area contributed by atoms with Crippen LogP contribution in [0.3, 0.4) is 0 Å². The van der Waals surface area contributed by atoms with Crippen LogP contribution >= 0.6 is 0 Å². The number of nitrogens with one attached hydrogen (secondary N) is 1. The molecule has 0 amide bonds. The predicted molar refractivity (Wildman–Crippen MR) is 34.0 cm³/mol. The van der Waals surface area contributed by atoms with Gasteiger partial charge in [-0.25, -0.2) is 0 Å². The van der Waals surface area contributed by atoms with E-state index in [4.69, 9.17) is 0 Å². The van der Waals surface area contributed by atoms with Crippen LogP contribution in [0, 0.1) is 17.8 Å². The molecule has 0 aromatic rings. The van der Waals surface area contributed by atoms with Gasteiger partial charge in [-0.3, -0.25) is 0 Å². The van der Waals surface area contributed by atoms with Gasteiger partial charge in [0.05, 0.1) is 5.92 Å². The van der Waals surface area contributed by atoms with E-state index >= 15 is 0 Å². The molecule has 0 aromatic heterocycles. The van der Waals surface area contributed by atoms with Gasteiger partial charge in [-0.2, -0.15) is 13.2 Å². The van der Waals surface area contributed by atoms with Crippen LogP contribution in [0.2, 0.25) is 0 Å². The third-order valence-corrected chi connectivity index (χ3v) is 2.89. The monoisotopic (exact) mass is 165 g/mol. The fourth-order valence-electron chi connectivity index (χ4n) is 2.16. The third kappa shape index (κ3) is 1.04. The number of rotatable bonds is 0. The molecule has 1 aliphatic carbocycles. The van der Waals surface area contributed by atoms with Crippen LogP contribution in [-0.4, -0.2) is 19.3 Å². The minimum atomic E-state index is -3.95. The molecule has 0 radical (unpaired) electrons. The molecule has 0 spiro atoms. The molecule has 0 unspecified atom stereocenters. The maximum atomic E-state index is 12.1. The lowest BCUT2D eigenvalue weighted by atomic mass is 9.66. The van der Waals surface area contributed by atoms with Crippen molar-refractivity contribution in [3.63, 3.8) is 0 Å². The molecular weight excluding hydrogens is 155 g/mol. The average Bonchev–Trinajstić information content (AvgIpc) is 2.08. The van der Waals surface area contributed by atoms with E-state index in [1.54, 1.807) is 0 Å². The van der Waals surface area contributed by atoms with Gasteiger partial charge >= 0.3 is 6.18 Å². The molecule has 1 N–H and O–H groups in total. The first-order chi connectivity index (χ1) is 5.09. The Balaban J connectivity index is 2.00. The van der Waals surface area contributed by atoms with Gasteiger partial charge in [0.1, 0.15) is 0 Å². The first-order valence-electron chi connectivity index (χ1n) is 3.86. The van der Waals surface area contributed by atoms with Gasteiger partial charge in [-0.05, 0) is 31.3 Å². The highest BCUT2D eigenvalue weighted by atomic mass is 19.4. The molecule has 2 fully saturated rings. The van der Waals surface area contributed by atoms with Gasteiger partial charge in [-0.1, -0.05) is 0 Å². The van der Waals surface area contributed by atoms with Gasteiger partial charge in [-0.15, -0.1) is 0 Å². The average molecular weight is 165 g/mol. The van der Waals surface area contributed by atoms with Gasteiger partial charge in [0.25, 0.3) is 0 Å². The van der Waals surface area contributed by atoms with Crippen molar-refractivity contribution < 1.29 is 13.2 Å². The van der Waals surface area contributed by atoms with Crippen LogP contribution < -0.4 is 5.32 Å². The normalized spacial score (nSPS) is 43.4. The second kappa shape index (κ2) is 2.12. The topological polar surface area (TPSA) is 12.0 Å². The summed E-state index contributed by atoms with van der Waals surface area (Å²) < 4.78 is 36.3. The maximum absolute atomic E-state index is 12.1. The van der Waals surface area contributed by atoms with E-state index in [9.17, 15) is 13.2 Å². The van der Waals surface area contributed by atoms with Crippen LogP contribution in [0.15, 0.2) is 0 Å². The summed E-state index contributed by atoms with van der Waals surface area (Å²) in [5, 5.41) is 2.99. The summed E-state index contributed by atoms with van der Waals surface area (Å²) in [5.74, 6) is -0.820. The zero-order chi connectivity index (χ0) is 8.06. The Morgan fingerprint density at radius 2 is 1.91 bits per heavy atom. The Labute approximate surface area is 63.0 Å². The Morgan fingerprint density at radius 3 is 2.45 bits per heavy atom. The molecule has 2 rings (SSSR count). The van der Waals surface area contributed by atoms with Gasteiger partial charge in [0.15, 0.2) is 0 Å². The van der Waals surface area contributed by atoms with Crippen molar-refractivity contribution in [2.45, 2.75) is 12.6 Å². The van der Waals surface area contributed by atoms with E-state index < -0.39 is 12.1 Å². The SMILES string of the molecule is FC(F)(F)[C@H]1C[C@@H]2CNC[C@@H]21. The summed E-state index contributed by atoms with van der Waals surface area (Å²) >= 11 is 0. The minimum Gasteiger partial charge on any atom is -0.316 e. The van der Waals surface area contributed by atoms with Crippen LogP contribution in [0.4, 0.5) is 13.2 Å². The quantitative estimate of drug-likeness (QED) is 0.572. The molecule has 11 heavy (non-hydrogen) atoms. The molecule has 1 heterocycles. The summed E-state index contributed by atoms with van der Waals surface area (Å²) in [4.78, 5) is 0. The molecule has 0 bridgehead atoms. The predicted octanol–water partition coefficient (Wildman–Crippen LogP) is 1.40. The van der Waals surface area contributed by atoms with E-state index in [0.717, 1.165) is 6.54 Å². The van der Waals surface area contributed by atoms with Gasteiger partial charge in [0.2, 0.25) is 0 Å². The molecule has 3 atom stereocenters. The van der Waals surface area contributed by atoms with E-state index in [0.29, 0.717) is 18.9 Å². The Bertz CT molecular complexity index is 166. The highest BCUT2D eigenvalue weighted by Gasteiger charge is 2.56. The zero-order valence-corrected chi connectivity index (χ0v) is 5.99. The summed E-state index contributed by atoms with van der Waals surface area (Å²) in [5.41, 5.74) is 0. The molecule has 1 aliphatic heterocycles. The van der Waals surface area contributed by atoms with E-state index in [2.05, 4.69) is 5.32 Å². The van der Waals surface area contributed by atoms with E-state index in [1.165, 1.54) is 0 Å². The largest absolute Gasteiger partial charge is 0.392 e. The first-order valence-corrected chi connectivity index (χ1v) is 3.86. The van der Waals surface area contributed by atoms with Crippen molar-refractivity contribution in [3.05, 3.63) is 0 Å². The van der Waals surface area contributed by atoms with Crippen molar-refractivity contribution in [1.29, 1.82) is 0 Å². The molecule has 0 aromatic carbocycles. The lowest BCUT2D eigenvalue weighted by Crippen LogP contribution is -2.44.